The smallest absolute Gasteiger partial charge is 0.137 e. The molecule has 0 fully saturated rings. The number of hydrogen-bond donors (Lipinski definition) is 1. The third-order valence-electron chi connectivity index (χ3n) is 3.04. The third-order valence-corrected chi connectivity index (χ3v) is 3.04. The Balaban J connectivity index is 2.27. The number of H-pyrrole nitrogens is 1. The van der Waals surface area contributed by atoms with Crippen molar-refractivity contribution in [3.63, 3.8) is 0 Å². The predicted octanol–water partition coefficient (Wildman–Crippen LogP) is 2.58. The SMILES string of the molecule is Cc1cnc2[nH]c(-c3cnn(C)c3)c(C)c2c1. The molecule has 0 bridgehead atoms. The molecule has 0 unspecified atom stereocenters. The summed E-state index contributed by atoms with van der Waals surface area (Å²) in [4.78, 5) is 7.77. The van der Waals surface area contributed by atoms with Crippen LogP contribution in [0.4, 0.5) is 0 Å². The number of aryl methyl sites for hydroxylation is 3. The fraction of sp³-hybridized carbons (Fsp3) is 0.231. The molecule has 0 spiro atoms. The first-order valence-corrected chi connectivity index (χ1v) is 5.59. The van der Waals surface area contributed by atoms with Crippen molar-refractivity contribution in [1.82, 2.24) is 19.7 Å². The number of pyridine rings is 1. The molecule has 4 nitrogen and oxygen atoms in total. The van der Waals surface area contributed by atoms with Gasteiger partial charge in [-0.05, 0) is 31.0 Å². The maximum absolute atomic E-state index is 4.41. The van der Waals surface area contributed by atoms with Gasteiger partial charge in [0, 0.05) is 30.4 Å². The van der Waals surface area contributed by atoms with Gasteiger partial charge in [-0.15, -0.1) is 0 Å². The number of nitrogens with zero attached hydrogens (tertiary/aromatic N) is 3. The third kappa shape index (κ3) is 1.53. The lowest BCUT2D eigenvalue weighted by atomic mass is 10.1. The van der Waals surface area contributed by atoms with E-state index in [1.165, 1.54) is 16.5 Å². The van der Waals surface area contributed by atoms with E-state index in [1.807, 2.05) is 25.6 Å². The van der Waals surface area contributed by atoms with Crippen LogP contribution in [-0.2, 0) is 7.05 Å². The van der Waals surface area contributed by atoms with Crippen LogP contribution in [0.5, 0.6) is 0 Å². The zero-order chi connectivity index (χ0) is 12.0. The van der Waals surface area contributed by atoms with Crippen molar-refractivity contribution in [3.8, 4) is 11.3 Å². The lowest BCUT2D eigenvalue weighted by Gasteiger charge is -1.94. The largest absolute Gasteiger partial charge is 0.339 e. The van der Waals surface area contributed by atoms with Gasteiger partial charge in [0.05, 0.1) is 11.9 Å². The van der Waals surface area contributed by atoms with Crippen LogP contribution in [0.1, 0.15) is 11.1 Å². The van der Waals surface area contributed by atoms with E-state index in [4.69, 9.17) is 0 Å². The standard InChI is InChI=1S/C13H14N4/c1-8-4-11-9(2)12(16-13(11)14-5-8)10-6-15-17(3)7-10/h4-7H,1-3H3,(H,14,16). The Morgan fingerprint density at radius 2 is 2.06 bits per heavy atom. The highest BCUT2D eigenvalue weighted by atomic mass is 15.2. The van der Waals surface area contributed by atoms with Crippen LogP contribution >= 0.6 is 0 Å². The molecule has 0 saturated carbocycles. The molecule has 0 atom stereocenters. The van der Waals surface area contributed by atoms with Crippen LogP contribution in [0.15, 0.2) is 24.7 Å². The van der Waals surface area contributed by atoms with Crippen LogP contribution in [0.3, 0.4) is 0 Å². The van der Waals surface area contributed by atoms with E-state index in [-0.39, 0.29) is 0 Å². The Morgan fingerprint density at radius 3 is 2.76 bits per heavy atom. The Morgan fingerprint density at radius 1 is 1.24 bits per heavy atom. The van der Waals surface area contributed by atoms with Gasteiger partial charge in [0.2, 0.25) is 0 Å². The van der Waals surface area contributed by atoms with Crippen molar-refractivity contribution in [1.29, 1.82) is 0 Å². The summed E-state index contributed by atoms with van der Waals surface area (Å²) in [6.07, 6.45) is 5.75. The lowest BCUT2D eigenvalue weighted by molar-refractivity contribution is 0.768. The summed E-state index contributed by atoms with van der Waals surface area (Å²) in [5.41, 5.74) is 5.54. The summed E-state index contributed by atoms with van der Waals surface area (Å²) in [7, 11) is 1.92. The Hall–Kier alpha value is -2.10. The van der Waals surface area contributed by atoms with Crippen LogP contribution in [-0.4, -0.2) is 19.7 Å². The molecule has 0 aliphatic heterocycles. The molecule has 0 aliphatic rings. The summed E-state index contributed by atoms with van der Waals surface area (Å²) >= 11 is 0. The monoisotopic (exact) mass is 226 g/mol. The summed E-state index contributed by atoms with van der Waals surface area (Å²) in [5, 5.41) is 5.38. The van der Waals surface area contributed by atoms with E-state index >= 15 is 0 Å². The van der Waals surface area contributed by atoms with Crippen LogP contribution in [0.25, 0.3) is 22.3 Å². The van der Waals surface area contributed by atoms with Gasteiger partial charge in [0.25, 0.3) is 0 Å². The Bertz CT molecular complexity index is 691. The molecule has 0 aromatic carbocycles. The number of fused-ring (bicyclic) bond motifs is 1. The van der Waals surface area contributed by atoms with E-state index in [1.54, 1.807) is 4.68 Å². The quantitative estimate of drug-likeness (QED) is 0.693. The van der Waals surface area contributed by atoms with E-state index in [0.29, 0.717) is 0 Å². The number of hydrogen-bond acceptors (Lipinski definition) is 2. The van der Waals surface area contributed by atoms with Crippen molar-refractivity contribution in [3.05, 3.63) is 35.8 Å². The number of nitrogens with one attached hydrogen (secondary N) is 1. The van der Waals surface area contributed by atoms with E-state index in [9.17, 15) is 0 Å². The number of aromatic nitrogens is 4. The van der Waals surface area contributed by atoms with Crippen LogP contribution in [0.2, 0.25) is 0 Å². The van der Waals surface area contributed by atoms with Crippen molar-refractivity contribution in [2.24, 2.45) is 7.05 Å². The predicted molar refractivity (Wildman–Crippen MR) is 67.8 cm³/mol. The summed E-state index contributed by atoms with van der Waals surface area (Å²) < 4.78 is 1.80. The molecular weight excluding hydrogens is 212 g/mol. The normalized spacial score (nSPS) is 11.2. The molecular formula is C13H14N4. The fourth-order valence-electron chi connectivity index (χ4n) is 2.14. The first kappa shape index (κ1) is 10.1. The first-order chi connectivity index (χ1) is 8.15. The molecule has 1 N–H and O–H groups in total. The van der Waals surface area contributed by atoms with Gasteiger partial charge in [-0.3, -0.25) is 4.68 Å². The van der Waals surface area contributed by atoms with Gasteiger partial charge in [-0.1, -0.05) is 0 Å². The maximum atomic E-state index is 4.41. The van der Waals surface area contributed by atoms with E-state index in [2.05, 4.69) is 35.0 Å². The van der Waals surface area contributed by atoms with E-state index in [0.717, 1.165) is 16.9 Å². The molecule has 86 valence electrons. The summed E-state index contributed by atoms with van der Waals surface area (Å²) in [5.74, 6) is 0. The lowest BCUT2D eigenvalue weighted by Crippen LogP contribution is -1.84. The van der Waals surface area contributed by atoms with Gasteiger partial charge in [0.1, 0.15) is 5.65 Å². The molecule has 3 aromatic rings. The summed E-state index contributed by atoms with van der Waals surface area (Å²) in [6.45, 7) is 4.17. The average molecular weight is 226 g/mol. The minimum absolute atomic E-state index is 0.937. The molecule has 0 aliphatic carbocycles. The fourth-order valence-corrected chi connectivity index (χ4v) is 2.14. The van der Waals surface area contributed by atoms with Gasteiger partial charge in [0.15, 0.2) is 0 Å². The highest BCUT2D eigenvalue weighted by molar-refractivity contribution is 5.88. The van der Waals surface area contributed by atoms with Crippen molar-refractivity contribution < 1.29 is 0 Å². The molecule has 0 amide bonds. The Kier molecular flexibility index (Phi) is 2.04. The minimum Gasteiger partial charge on any atom is -0.339 e. The van der Waals surface area contributed by atoms with Gasteiger partial charge >= 0.3 is 0 Å². The second-order valence-electron chi connectivity index (χ2n) is 4.44. The topological polar surface area (TPSA) is 46.5 Å². The maximum Gasteiger partial charge on any atom is 0.137 e. The number of aromatic amines is 1. The second-order valence-corrected chi connectivity index (χ2v) is 4.44. The minimum atomic E-state index is 0.937. The van der Waals surface area contributed by atoms with Gasteiger partial charge < -0.3 is 4.98 Å². The summed E-state index contributed by atoms with van der Waals surface area (Å²) in [6, 6.07) is 2.16. The molecule has 0 saturated heterocycles. The molecule has 0 radical (unpaired) electrons. The molecule has 3 rings (SSSR count). The average Bonchev–Trinajstić information content (AvgIpc) is 2.84. The highest BCUT2D eigenvalue weighted by Gasteiger charge is 2.11. The van der Waals surface area contributed by atoms with Crippen molar-refractivity contribution in [2.45, 2.75) is 13.8 Å². The zero-order valence-electron chi connectivity index (χ0n) is 10.2. The van der Waals surface area contributed by atoms with Crippen LogP contribution in [0, 0.1) is 13.8 Å². The van der Waals surface area contributed by atoms with Crippen molar-refractivity contribution in [2.75, 3.05) is 0 Å². The second kappa shape index (κ2) is 3.45. The van der Waals surface area contributed by atoms with Crippen molar-refractivity contribution >= 4 is 11.0 Å². The number of rotatable bonds is 1. The molecule has 4 heteroatoms. The van der Waals surface area contributed by atoms with Gasteiger partial charge in [-0.2, -0.15) is 5.10 Å². The molecule has 3 heterocycles. The van der Waals surface area contributed by atoms with E-state index < -0.39 is 0 Å². The van der Waals surface area contributed by atoms with Crippen LogP contribution < -0.4 is 0 Å². The Labute approximate surface area is 99.3 Å². The zero-order valence-corrected chi connectivity index (χ0v) is 10.2. The molecule has 17 heavy (non-hydrogen) atoms. The first-order valence-electron chi connectivity index (χ1n) is 5.59. The highest BCUT2D eigenvalue weighted by Crippen LogP contribution is 2.28. The molecule has 3 aromatic heterocycles. The van der Waals surface area contributed by atoms with Gasteiger partial charge in [-0.25, -0.2) is 4.98 Å².